The van der Waals surface area contributed by atoms with Crippen LogP contribution in [-0.2, 0) is 33.7 Å². The highest BCUT2D eigenvalue weighted by Crippen LogP contribution is 2.36. The first-order valence-corrected chi connectivity index (χ1v) is 18.0. The number of carbonyl (C=O) groups excluding carboxylic acids is 2. The van der Waals surface area contributed by atoms with Gasteiger partial charge in [0.1, 0.15) is 23.2 Å². The van der Waals surface area contributed by atoms with Gasteiger partial charge in [-0.1, -0.05) is 50.3 Å². The molecule has 9 nitrogen and oxygen atoms in total. The van der Waals surface area contributed by atoms with E-state index in [1.807, 2.05) is 4.57 Å². The number of aliphatic hydroxyl groups is 2. The van der Waals surface area contributed by atoms with Crippen molar-refractivity contribution >= 4 is 31.8 Å². The van der Waals surface area contributed by atoms with Crippen molar-refractivity contribution in [2.24, 2.45) is 0 Å². The Morgan fingerprint density at radius 3 is 2.81 bits per heavy atom. The van der Waals surface area contributed by atoms with Crippen LogP contribution in [0.25, 0.3) is 11.8 Å². The fourth-order valence-electron chi connectivity index (χ4n) is 6.32. The van der Waals surface area contributed by atoms with E-state index in [4.69, 9.17) is 18.9 Å². The quantitative estimate of drug-likeness (QED) is 0.173. The van der Waals surface area contributed by atoms with E-state index in [1.54, 1.807) is 19.1 Å². The number of aromatic nitrogens is 2. The second-order valence-electron chi connectivity index (χ2n) is 12.1. The maximum absolute atomic E-state index is 12.4. The zero-order valence-electron chi connectivity index (χ0n) is 24.2. The fraction of sp³-hybridized carbons (Fsp3) is 0.406. The summed E-state index contributed by atoms with van der Waals surface area (Å²) >= 11 is 0. The second kappa shape index (κ2) is 10.7. The summed E-state index contributed by atoms with van der Waals surface area (Å²) in [5.74, 6) is -0.838. The zero-order valence-corrected chi connectivity index (χ0v) is 25.2. The van der Waals surface area contributed by atoms with Gasteiger partial charge in [0.25, 0.3) is 0 Å². The Bertz CT molecular complexity index is 1720. The molecule has 0 fully saturated rings. The molecule has 0 radical (unpaired) electrons. The van der Waals surface area contributed by atoms with Gasteiger partial charge >= 0.3 is 11.9 Å². The average Bonchev–Trinajstić information content (AvgIpc) is 3.64. The summed E-state index contributed by atoms with van der Waals surface area (Å²) in [7, 11) is -1.56. The lowest BCUT2D eigenvalue weighted by molar-refractivity contribution is -0.163. The van der Waals surface area contributed by atoms with Crippen LogP contribution in [0.1, 0.15) is 52.7 Å². The molecule has 42 heavy (non-hydrogen) atoms. The molecule has 3 aromatic rings. The number of aliphatic hydroxyl groups excluding tert-OH is 1. The minimum Gasteiger partial charge on any atom is -0.505 e. The first-order valence-electron chi connectivity index (χ1n) is 14.6. The van der Waals surface area contributed by atoms with E-state index in [0.717, 1.165) is 36.0 Å². The third kappa shape index (κ3) is 4.92. The van der Waals surface area contributed by atoms with Gasteiger partial charge in [0.2, 0.25) is 5.76 Å². The lowest BCUT2D eigenvalue weighted by Crippen LogP contribution is -2.49. The van der Waals surface area contributed by atoms with E-state index in [2.05, 4.69) is 37.4 Å². The lowest BCUT2D eigenvalue weighted by Gasteiger charge is -2.35. The number of fused-ring (bicyclic) bond motifs is 4. The van der Waals surface area contributed by atoms with Gasteiger partial charge in [-0.15, -0.1) is 0 Å². The van der Waals surface area contributed by atoms with Crippen LogP contribution in [0.15, 0.2) is 52.2 Å². The van der Waals surface area contributed by atoms with Crippen molar-refractivity contribution < 1.29 is 33.7 Å². The summed E-state index contributed by atoms with van der Waals surface area (Å²) in [6.45, 7) is 7.38. The highest BCUT2D eigenvalue weighted by atomic mass is 28.3. The molecule has 0 spiro atoms. The number of hydrogen-bond donors (Lipinski definition) is 2. The number of rotatable bonds is 9. The molecule has 4 heterocycles. The fourth-order valence-corrected chi connectivity index (χ4v) is 8.62. The van der Waals surface area contributed by atoms with Gasteiger partial charge in [0.15, 0.2) is 5.60 Å². The van der Waals surface area contributed by atoms with Crippen molar-refractivity contribution in [1.82, 2.24) is 9.55 Å². The molecule has 3 aliphatic rings. The third-order valence-corrected chi connectivity index (χ3v) is 12.2. The molecule has 2 aliphatic heterocycles. The molecule has 1 atom stereocenters. The van der Waals surface area contributed by atoms with Gasteiger partial charge in [0, 0.05) is 20.1 Å². The molecule has 1 aliphatic carbocycles. The Morgan fingerprint density at radius 2 is 2.05 bits per heavy atom. The maximum Gasteiger partial charge on any atom is 0.374 e. The highest BCUT2D eigenvalue weighted by Gasteiger charge is 2.47. The number of aryl methyl sites for hydroxylation is 1. The molecule has 0 bridgehead atoms. The largest absolute Gasteiger partial charge is 0.505 e. The number of nitrogens with zero attached hydrogens (tertiary/aromatic N) is 2. The molecule has 0 amide bonds. The van der Waals surface area contributed by atoms with Crippen molar-refractivity contribution in [3.05, 3.63) is 86.7 Å². The van der Waals surface area contributed by atoms with Crippen molar-refractivity contribution in [2.75, 3.05) is 13.2 Å². The summed E-state index contributed by atoms with van der Waals surface area (Å²) in [5, 5.41) is 23.1. The van der Waals surface area contributed by atoms with E-state index in [0.29, 0.717) is 41.8 Å². The van der Waals surface area contributed by atoms with E-state index in [9.17, 15) is 19.8 Å². The number of imidazole rings is 1. The van der Waals surface area contributed by atoms with Gasteiger partial charge in [-0.3, -0.25) is 0 Å². The van der Waals surface area contributed by atoms with Crippen LogP contribution in [0, 0.1) is 0 Å². The summed E-state index contributed by atoms with van der Waals surface area (Å²) in [6, 6.07) is 11.8. The van der Waals surface area contributed by atoms with Gasteiger partial charge in [0.05, 0.1) is 25.1 Å². The molecule has 1 aromatic carbocycles. The smallest absolute Gasteiger partial charge is 0.374 e. The van der Waals surface area contributed by atoms with Crippen molar-refractivity contribution in [3.8, 4) is 0 Å². The van der Waals surface area contributed by atoms with Crippen LogP contribution < -0.4 is 10.8 Å². The first-order chi connectivity index (χ1) is 20.1. The van der Waals surface area contributed by atoms with Crippen LogP contribution in [0.2, 0.25) is 25.2 Å². The van der Waals surface area contributed by atoms with Crippen LogP contribution in [0.4, 0.5) is 0 Å². The van der Waals surface area contributed by atoms with E-state index < -0.39 is 25.6 Å². The van der Waals surface area contributed by atoms with Gasteiger partial charge in [-0.05, 0) is 59.7 Å². The van der Waals surface area contributed by atoms with E-state index >= 15 is 0 Å². The molecule has 0 saturated carbocycles. The van der Waals surface area contributed by atoms with Crippen LogP contribution >= 0.6 is 0 Å². The van der Waals surface area contributed by atoms with Gasteiger partial charge in [-0.25, -0.2) is 14.6 Å². The molecular weight excluding hydrogens is 552 g/mol. The Labute approximate surface area is 244 Å². The molecule has 1 unspecified atom stereocenters. The molecule has 2 aromatic heterocycles. The van der Waals surface area contributed by atoms with Crippen LogP contribution in [0.3, 0.4) is 0 Å². The van der Waals surface area contributed by atoms with E-state index in [-0.39, 0.29) is 24.5 Å². The average molecular weight is 589 g/mol. The van der Waals surface area contributed by atoms with Crippen LogP contribution in [0.5, 0.6) is 0 Å². The Balaban J connectivity index is 1.18. The predicted octanol–water partition coefficient (Wildman–Crippen LogP) is 3.38. The standard InChI is InChI=1S/C32H36N2O7Si/c1-4-32(38)24-17-25-28(29(35)23(24)19-41-31(32)37)34-18-22-20(8-5-9-21(22)16-27(34)33-25)11-15-42(2,3)14-7-13-40-30(36)26-10-6-12-39-26/h5-6,8-10,12,16,35,38H,4,7,11,13-15,17-19H2,1-3H3. The normalized spacial score (nSPS) is 19.3. The minimum absolute atomic E-state index is 0.0278. The highest BCUT2D eigenvalue weighted by molar-refractivity contribution is 6.77. The van der Waals surface area contributed by atoms with Crippen molar-refractivity contribution in [1.29, 1.82) is 0 Å². The predicted molar refractivity (Wildman–Crippen MR) is 158 cm³/mol. The summed E-state index contributed by atoms with van der Waals surface area (Å²) < 4.78 is 17.8. The molecule has 6 rings (SSSR count). The topological polar surface area (TPSA) is 124 Å². The number of furan rings is 1. The van der Waals surface area contributed by atoms with Gasteiger partial charge in [-0.2, -0.15) is 0 Å². The van der Waals surface area contributed by atoms with Gasteiger partial charge < -0.3 is 28.7 Å². The summed E-state index contributed by atoms with van der Waals surface area (Å²) in [5.41, 5.74) is 4.25. The Hall–Kier alpha value is -3.89. The molecule has 220 valence electrons. The minimum atomic E-state index is -1.75. The number of esters is 2. The zero-order chi connectivity index (χ0) is 29.6. The molecule has 2 N–H and O–H groups in total. The monoisotopic (exact) mass is 588 g/mol. The molecule has 0 saturated heterocycles. The van der Waals surface area contributed by atoms with Crippen LogP contribution in [-0.4, -0.2) is 58.6 Å². The maximum atomic E-state index is 12.4. The van der Waals surface area contributed by atoms with E-state index in [1.165, 1.54) is 17.4 Å². The Morgan fingerprint density at radius 1 is 1.21 bits per heavy atom. The Kier molecular flexibility index (Phi) is 7.22. The summed E-state index contributed by atoms with van der Waals surface area (Å²) in [4.78, 5) is 29.3. The summed E-state index contributed by atoms with van der Waals surface area (Å²) in [6.07, 6.45) is 5.74. The van der Waals surface area contributed by atoms with Crippen molar-refractivity contribution in [2.45, 2.75) is 69.9 Å². The van der Waals surface area contributed by atoms with Crippen molar-refractivity contribution in [3.63, 3.8) is 0 Å². The number of ether oxygens (including phenoxy) is 2. The second-order valence-corrected chi connectivity index (χ2v) is 17.5. The lowest BCUT2D eigenvalue weighted by atomic mass is 9.80. The molecular formula is C32H36N2O7Si. The third-order valence-electron chi connectivity index (χ3n) is 8.92. The SMILES string of the molecule is CCC1(O)C(=O)OCC2=C1Cc1nc3n(c1=C2O)Cc1c(cccc1CC[Si](C)(C)CCCOC(=O)c1ccco1)C=3. The number of hydrogen-bond acceptors (Lipinski definition) is 8. The number of benzene rings is 1. The molecule has 10 heteroatoms. The first kappa shape index (κ1) is 28.2. The number of cyclic esters (lactones) is 1. The number of carbonyl (C=O) groups is 2.